The lowest BCUT2D eigenvalue weighted by molar-refractivity contribution is 0.109. The van der Waals surface area contributed by atoms with Crippen LogP contribution in [-0.2, 0) is 0 Å². The number of rotatable bonds is 2. The molecule has 1 heterocycles. The highest BCUT2D eigenvalue weighted by atomic mass is 16.3. The standard InChI is InChI=1S/C8H18N2O/c1-3-8(11)7-5-9-6(2)4-10-7/h6-11H,3-5H2,1-2H3. The minimum Gasteiger partial charge on any atom is -0.391 e. The van der Waals surface area contributed by atoms with Gasteiger partial charge in [0.1, 0.15) is 0 Å². The first-order chi connectivity index (χ1) is 5.24. The summed E-state index contributed by atoms with van der Waals surface area (Å²) < 4.78 is 0. The van der Waals surface area contributed by atoms with E-state index in [9.17, 15) is 5.11 Å². The molecule has 0 aromatic heterocycles. The third kappa shape index (κ3) is 2.43. The van der Waals surface area contributed by atoms with Crippen LogP contribution in [0.2, 0.25) is 0 Å². The lowest BCUT2D eigenvalue weighted by Crippen LogP contribution is -2.57. The molecule has 0 saturated carbocycles. The van der Waals surface area contributed by atoms with Gasteiger partial charge in [-0.15, -0.1) is 0 Å². The Labute approximate surface area is 68.2 Å². The average Bonchev–Trinajstić information content (AvgIpc) is 2.05. The summed E-state index contributed by atoms with van der Waals surface area (Å²) in [4.78, 5) is 0. The molecule has 3 nitrogen and oxygen atoms in total. The van der Waals surface area contributed by atoms with E-state index < -0.39 is 0 Å². The second kappa shape index (κ2) is 4.04. The van der Waals surface area contributed by atoms with Crippen LogP contribution in [0, 0.1) is 0 Å². The Balaban J connectivity index is 2.27. The molecule has 3 atom stereocenters. The Kier molecular flexibility index (Phi) is 3.30. The Morgan fingerprint density at radius 1 is 1.45 bits per heavy atom. The predicted molar refractivity (Wildman–Crippen MR) is 45.6 cm³/mol. The summed E-state index contributed by atoms with van der Waals surface area (Å²) in [5, 5.41) is 16.1. The molecular formula is C8H18N2O. The van der Waals surface area contributed by atoms with Crippen LogP contribution >= 0.6 is 0 Å². The van der Waals surface area contributed by atoms with E-state index in [1.807, 2.05) is 6.92 Å². The molecule has 3 N–H and O–H groups in total. The number of aliphatic hydroxyl groups excluding tert-OH is 1. The van der Waals surface area contributed by atoms with Gasteiger partial charge in [0.05, 0.1) is 6.10 Å². The lowest BCUT2D eigenvalue weighted by atomic mass is 10.1. The van der Waals surface area contributed by atoms with Crippen LogP contribution in [0.3, 0.4) is 0 Å². The van der Waals surface area contributed by atoms with Gasteiger partial charge in [-0.2, -0.15) is 0 Å². The third-order valence-electron chi connectivity index (χ3n) is 2.26. The molecule has 0 aliphatic carbocycles. The maximum absolute atomic E-state index is 9.47. The van der Waals surface area contributed by atoms with Crippen molar-refractivity contribution in [1.29, 1.82) is 0 Å². The highest BCUT2D eigenvalue weighted by molar-refractivity contribution is 4.84. The summed E-state index contributed by atoms with van der Waals surface area (Å²) >= 11 is 0. The fraction of sp³-hybridized carbons (Fsp3) is 1.00. The molecule has 0 amide bonds. The van der Waals surface area contributed by atoms with Gasteiger partial charge in [-0.05, 0) is 13.3 Å². The molecule has 0 bridgehead atoms. The van der Waals surface area contributed by atoms with Crippen LogP contribution in [0.4, 0.5) is 0 Å². The van der Waals surface area contributed by atoms with Crippen molar-refractivity contribution in [3.05, 3.63) is 0 Å². The van der Waals surface area contributed by atoms with Gasteiger partial charge in [-0.25, -0.2) is 0 Å². The van der Waals surface area contributed by atoms with E-state index in [0.717, 1.165) is 19.5 Å². The molecule has 1 saturated heterocycles. The molecule has 66 valence electrons. The van der Waals surface area contributed by atoms with Crippen molar-refractivity contribution in [2.45, 2.75) is 38.5 Å². The minimum absolute atomic E-state index is 0.199. The molecule has 3 unspecified atom stereocenters. The molecule has 0 spiro atoms. The van der Waals surface area contributed by atoms with E-state index in [1.54, 1.807) is 0 Å². The Morgan fingerprint density at radius 3 is 2.64 bits per heavy atom. The highest BCUT2D eigenvalue weighted by Gasteiger charge is 2.21. The van der Waals surface area contributed by atoms with Crippen molar-refractivity contribution in [1.82, 2.24) is 10.6 Å². The zero-order valence-electron chi connectivity index (χ0n) is 7.30. The van der Waals surface area contributed by atoms with Crippen LogP contribution in [0.25, 0.3) is 0 Å². The SMILES string of the molecule is CCC(O)C1CNC(C)CN1. The van der Waals surface area contributed by atoms with Gasteiger partial charge in [-0.1, -0.05) is 6.92 Å². The first-order valence-corrected chi connectivity index (χ1v) is 4.39. The monoisotopic (exact) mass is 158 g/mol. The minimum atomic E-state index is -0.199. The Hall–Kier alpha value is -0.120. The van der Waals surface area contributed by atoms with Gasteiger partial charge in [-0.3, -0.25) is 0 Å². The smallest absolute Gasteiger partial charge is 0.0703 e. The second-order valence-electron chi connectivity index (χ2n) is 3.30. The Bertz CT molecular complexity index is 111. The Morgan fingerprint density at radius 2 is 2.18 bits per heavy atom. The number of nitrogens with one attached hydrogen (secondary N) is 2. The van der Waals surface area contributed by atoms with Gasteiger partial charge < -0.3 is 15.7 Å². The first-order valence-electron chi connectivity index (χ1n) is 4.39. The lowest BCUT2D eigenvalue weighted by Gasteiger charge is -2.31. The van der Waals surface area contributed by atoms with Crippen LogP contribution in [0.1, 0.15) is 20.3 Å². The second-order valence-corrected chi connectivity index (χ2v) is 3.30. The van der Waals surface area contributed by atoms with E-state index in [0.29, 0.717) is 6.04 Å². The quantitative estimate of drug-likeness (QED) is 0.517. The first kappa shape index (κ1) is 8.97. The molecule has 1 aliphatic rings. The molecule has 1 aliphatic heterocycles. The molecule has 0 radical (unpaired) electrons. The van der Waals surface area contributed by atoms with E-state index in [1.165, 1.54) is 0 Å². The number of hydrogen-bond acceptors (Lipinski definition) is 3. The zero-order valence-corrected chi connectivity index (χ0v) is 7.30. The molecular weight excluding hydrogens is 140 g/mol. The van der Waals surface area contributed by atoms with E-state index in [-0.39, 0.29) is 12.1 Å². The van der Waals surface area contributed by atoms with Crippen molar-refractivity contribution >= 4 is 0 Å². The van der Waals surface area contributed by atoms with E-state index >= 15 is 0 Å². The third-order valence-corrected chi connectivity index (χ3v) is 2.26. The normalized spacial score (nSPS) is 35.2. The zero-order chi connectivity index (χ0) is 8.27. The fourth-order valence-electron chi connectivity index (χ4n) is 1.36. The predicted octanol–water partition coefficient (Wildman–Crippen LogP) is -0.293. The summed E-state index contributed by atoms with van der Waals surface area (Å²) in [6.07, 6.45) is 0.628. The van der Waals surface area contributed by atoms with Crippen LogP contribution < -0.4 is 10.6 Å². The van der Waals surface area contributed by atoms with E-state index in [2.05, 4.69) is 17.6 Å². The molecule has 11 heavy (non-hydrogen) atoms. The molecule has 0 aromatic rings. The number of aliphatic hydroxyl groups is 1. The van der Waals surface area contributed by atoms with Crippen molar-refractivity contribution < 1.29 is 5.11 Å². The van der Waals surface area contributed by atoms with Crippen molar-refractivity contribution in [2.24, 2.45) is 0 Å². The summed E-state index contributed by atoms with van der Waals surface area (Å²) in [5.74, 6) is 0. The van der Waals surface area contributed by atoms with Gasteiger partial charge in [0.2, 0.25) is 0 Å². The highest BCUT2D eigenvalue weighted by Crippen LogP contribution is 2.01. The van der Waals surface area contributed by atoms with E-state index in [4.69, 9.17) is 0 Å². The molecule has 3 heteroatoms. The molecule has 1 rings (SSSR count). The maximum atomic E-state index is 9.47. The summed E-state index contributed by atoms with van der Waals surface area (Å²) in [6.45, 7) is 5.99. The van der Waals surface area contributed by atoms with Gasteiger partial charge in [0, 0.05) is 25.2 Å². The largest absolute Gasteiger partial charge is 0.391 e. The maximum Gasteiger partial charge on any atom is 0.0703 e. The van der Waals surface area contributed by atoms with Gasteiger partial charge in [0.25, 0.3) is 0 Å². The molecule has 0 aromatic carbocycles. The number of hydrogen-bond donors (Lipinski definition) is 3. The van der Waals surface area contributed by atoms with Crippen molar-refractivity contribution in [3.8, 4) is 0 Å². The van der Waals surface area contributed by atoms with Crippen molar-refractivity contribution in [2.75, 3.05) is 13.1 Å². The fourth-order valence-corrected chi connectivity index (χ4v) is 1.36. The van der Waals surface area contributed by atoms with Crippen LogP contribution in [-0.4, -0.2) is 36.4 Å². The average molecular weight is 158 g/mol. The summed E-state index contributed by atoms with van der Waals surface area (Å²) in [7, 11) is 0. The summed E-state index contributed by atoms with van der Waals surface area (Å²) in [6, 6.07) is 0.784. The van der Waals surface area contributed by atoms with Crippen LogP contribution in [0.5, 0.6) is 0 Å². The van der Waals surface area contributed by atoms with Gasteiger partial charge in [0.15, 0.2) is 0 Å². The van der Waals surface area contributed by atoms with Gasteiger partial charge >= 0.3 is 0 Å². The van der Waals surface area contributed by atoms with Crippen LogP contribution in [0.15, 0.2) is 0 Å². The topological polar surface area (TPSA) is 44.3 Å². The van der Waals surface area contributed by atoms with Crippen molar-refractivity contribution in [3.63, 3.8) is 0 Å². The molecule has 1 fully saturated rings. The summed E-state index contributed by atoms with van der Waals surface area (Å²) in [5.41, 5.74) is 0. The number of piperazine rings is 1.